The number of pyridine rings is 1. The van der Waals surface area contributed by atoms with Gasteiger partial charge in [0.05, 0.1) is 24.4 Å². The maximum Gasteiger partial charge on any atom is 0.407 e. The molecule has 0 aliphatic carbocycles. The Balaban J connectivity index is 1.82. The highest BCUT2D eigenvalue weighted by atomic mass is 16.6. The molecule has 9 nitrogen and oxygen atoms in total. The van der Waals surface area contributed by atoms with Gasteiger partial charge in [0.25, 0.3) is 0 Å². The van der Waals surface area contributed by atoms with Crippen molar-refractivity contribution in [2.75, 3.05) is 0 Å². The van der Waals surface area contributed by atoms with E-state index in [1.807, 2.05) is 92.7 Å². The van der Waals surface area contributed by atoms with E-state index >= 15 is 0 Å². The lowest BCUT2D eigenvalue weighted by atomic mass is 9.88. The maximum absolute atomic E-state index is 14.0. The highest BCUT2D eigenvalue weighted by Gasteiger charge is 2.33. The molecule has 0 radical (unpaired) electrons. The lowest BCUT2D eigenvalue weighted by Crippen LogP contribution is -2.53. The minimum atomic E-state index is -1.09. The van der Waals surface area contributed by atoms with Gasteiger partial charge in [0.15, 0.2) is 0 Å². The third-order valence-corrected chi connectivity index (χ3v) is 7.65. The molecule has 0 bridgehead atoms. The number of carbonyl (C=O) groups is 3. The summed E-state index contributed by atoms with van der Waals surface area (Å²) in [7, 11) is 0. The SMILES string of the molecule is CCC(C)[C@H](NC(=O)[C@@H](Cc1ccccc1)C[C@H](O)[C@H](Cc1ccccc1)NC(=O)OC(C)(C)C)C(=O)NCc1ccccn1. The van der Waals surface area contributed by atoms with Crippen molar-refractivity contribution in [2.45, 2.75) is 90.6 Å². The summed E-state index contributed by atoms with van der Waals surface area (Å²) < 4.78 is 5.49. The minimum Gasteiger partial charge on any atom is -0.444 e. The van der Waals surface area contributed by atoms with E-state index < -0.39 is 35.8 Å². The monoisotopic (exact) mass is 616 g/mol. The minimum absolute atomic E-state index is 0.0524. The van der Waals surface area contributed by atoms with E-state index in [0.717, 1.165) is 11.1 Å². The van der Waals surface area contributed by atoms with Gasteiger partial charge in [0, 0.05) is 12.1 Å². The van der Waals surface area contributed by atoms with Crippen molar-refractivity contribution in [1.82, 2.24) is 20.9 Å². The van der Waals surface area contributed by atoms with Gasteiger partial charge in [-0.1, -0.05) is 87.0 Å². The average molecular weight is 617 g/mol. The van der Waals surface area contributed by atoms with Crippen molar-refractivity contribution in [3.05, 3.63) is 102 Å². The first-order valence-electron chi connectivity index (χ1n) is 15.7. The Hall–Kier alpha value is -4.24. The lowest BCUT2D eigenvalue weighted by Gasteiger charge is -2.30. The summed E-state index contributed by atoms with van der Waals surface area (Å²) >= 11 is 0. The largest absolute Gasteiger partial charge is 0.444 e. The summed E-state index contributed by atoms with van der Waals surface area (Å²) in [5.41, 5.74) is 1.84. The summed E-state index contributed by atoms with van der Waals surface area (Å²) in [6, 6.07) is 23.1. The van der Waals surface area contributed by atoms with Gasteiger partial charge < -0.3 is 25.8 Å². The summed E-state index contributed by atoms with van der Waals surface area (Å²) in [6.07, 6.45) is 1.34. The van der Waals surface area contributed by atoms with E-state index in [1.165, 1.54) is 0 Å². The number of amides is 3. The van der Waals surface area contributed by atoms with Gasteiger partial charge in [-0.05, 0) is 69.2 Å². The number of alkyl carbamates (subject to hydrolysis) is 1. The number of ether oxygens (including phenoxy) is 1. The molecule has 1 aromatic heterocycles. The third kappa shape index (κ3) is 12.3. The molecular weight excluding hydrogens is 568 g/mol. The summed E-state index contributed by atoms with van der Waals surface area (Å²) in [4.78, 5) is 44.4. The molecule has 0 spiro atoms. The predicted octanol–water partition coefficient (Wildman–Crippen LogP) is 4.97. The number of aromatic nitrogens is 1. The van der Waals surface area contributed by atoms with Gasteiger partial charge in [-0.15, -0.1) is 0 Å². The quantitative estimate of drug-likeness (QED) is 0.191. The molecule has 1 heterocycles. The maximum atomic E-state index is 14.0. The Kier molecular flexibility index (Phi) is 13.5. The van der Waals surface area contributed by atoms with Gasteiger partial charge in [-0.2, -0.15) is 0 Å². The average Bonchev–Trinajstić information content (AvgIpc) is 3.02. The number of aliphatic hydroxyl groups excluding tert-OH is 1. The Morgan fingerprint density at radius 2 is 1.44 bits per heavy atom. The fourth-order valence-corrected chi connectivity index (χ4v) is 5.01. The molecule has 4 N–H and O–H groups in total. The van der Waals surface area contributed by atoms with E-state index in [0.29, 0.717) is 25.0 Å². The van der Waals surface area contributed by atoms with E-state index in [2.05, 4.69) is 20.9 Å². The van der Waals surface area contributed by atoms with E-state index in [1.54, 1.807) is 27.0 Å². The fraction of sp³-hybridized carbons (Fsp3) is 0.444. The van der Waals surface area contributed by atoms with Crippen molar-refractivity contribution < 1.29 is 24.2 Å². The molecule has 3 aromatic rings. The fourth-order valence-electron chi connectivity index (χ4n) is 5.01. The zero-order valence-corrected chi connectivity index (χ0v) is 27.0. The number of nitrogens with zero attached hydrogens (tertiary/aromatic N) is 1. The van der Waals surface area contributed by atoms with E-state index in [9.17, 15) is 19.5 Å². The van der Waals surface area contributed by atoms with Gasteiger partial charge in [0.2, 0.25) is 11.8 Å². The first-order valence-corrected chi connectivity index (χ1v) is 15.7. The third-order valence-electron chi connectivity index (χ3n) is 7.65. The number of rotatable bonds is 15. The molecule has 0 aliphatic rings. The first-order chi connectivity index (χ1) is 21.4. The van der Waals surface area contributed by atoms with Crippen molar-refractivity contribution in [3.8, 4) is 0 Å². The second-order valence-corrected chi connectivity index (χ2v) is 12.5. The van der Waals surface area contributed by atoms with Crippen LogP contribution in [0.4, 0.5) is 4.79 Å². The second kappa shape index (κ2) is 17.3. The topological polar surface area (TPSA) is 130 Å². The van der Waals surface area contributed by atoms with Crippen LogP contribution in [0.3, 0.4) is 0 Å². The Bertz CT molecular complexity index is 1330. The second-order valence-electron chi connectivity index (χ2n) is 12.5. The van der Waals surface area contributed by atoms with Crippen LogP contribution in [0.5, 0.6) is 0 Å². The predicted molar refractivity (Wildman–Crippen MR) is 175 cm³/mol. The molecular formula is C36H48N4O5. The van der Waals surface area contributed by atoms with Crippen molar-refractivity contribution in [1.29, 1.82) is 0 Å². The molecule has 1 unspecified atom stereocenters. The molecule has 5 atom stereocenters. The van der Waals surface area contributed by atoms with Crippen LogP contribution in [0, 0.1) is 11.8 Å². The standard InChI is InChI=1S/C36H48N4O5/c1-6-25(2)32(34(43)38-24-29-19-13-14-20-37-29)40-33(42)28(21-26-15-9-7-10-16-26)23-31(41)30(22-27-17-11-8-12-18-27)39-35(44)45-36(3,4)5/h7-20,25,28,30-32,41H,6,21-24H2,1-5H3,(H,38,43)(H,39,44)(H,40,42)/t25?,28-,30-,31-,32-/m0/s1. The molecule has 0 saturated carbocycles. The van der Waals surface area contributed by atoms with Crippen LogP contribution in [0.25, 0.3) is 0 Å². The van der Waals surface area contributed by atoms with Crippen molar-refractivity contribution in [2.24, 2.45) is 11.8 Å². The zero-order chi connectivity index (χ0) is 32.8. The molecule has 0 aliphatic heterocycles. The molecule has 45 heavy (non-hydrogen) atoms. The first kappa shape index (κ1) is 35.2. The van der Waals surface area contributed by atoms with Crippen LogP contribution in [0.2, 0.25) is 0 Å². The van der Waals surface area contributed by atoms with Crippen LogP contribution >= 0.6 is 0 Å². The number of hydrogen-bond donors (Lipinski definition) is 4. The van der Waals surface area contributed by atoms with Crippen molar-refractivity contribution >= 4 is 17.9 Å². The highest BCUT2D eigenvalue weighted by Crippen LogP contribution is 2.21. The smallest absolute Gasteiger partial charge is 0.407 e. The van der Waals surface area contributed by atoms with Crippen LogP contribution in [0.15, 0.2) is 85.1 Å². The lowest BCUT2D eigenvalue weighted by molar-refractivity contribution is -0.133. The number of hydrogen-bond acceptors (Lipinski definition) is 6. The van der Waals surface area contributed by atoms with Gasteiger partial charge in [-0.25, -0.2) is 4.79 Å². The number of benzene rings is 2. The van der Waals surface area contributed by atoms with Crippen molar-refractivity contribution in [3.63, 3.8) is 0 Å². The van der Waals surface area contributed by atoms with Crippen LogP contribution < -0.4 is 16.0 Å². The van der Waals surface area contributed by atoms with Crippen LogP contribution in [0.1, 0.15) is 64.3 Å². The number of nitrogens with one attached hydrogen (secondary N) is 3. The summed E-state index contributed by atoms with van der Waals surface area (Å²) in [5, 5.41) is 20.3. The molecule has 3 rings (SSSR count). The Morgan fingerprint density at radius 3 is 2.00 bits per heavy atom. The number of carbonyl (C=O) groups excluding carboxylic acids is 3. The van der Waals surface area contributed by atoms with Gasteiger partial charge in [-0.3, -0.25) is 14.6 Å². The van der Waals surface area contributed by atoms with Gasteiger partial charge >= 0.3 is 6.09 Å². The van der Waals surface area contributed by atoms with E-state index in [-0.39, 0.29) is 30.7 Å². The van der Waals surface area contributed by atoms with Gasteiger partial charge in [0.1, 0.15) is 11.6 Å². The Morgan fingerprint density at radius 1 is 0.844 bits per heavy atom. The van der Waals surface area contributed by atoms with Crippen LogP contribution in [-0.2, 0) is 33.7 Å². The highest BCUT2D eigenvalue weighted by molar-refractivity contribution is 5.88. The molecule has 0 saturated heterocycles. The van der Waals surface area contributed by atoms with E-state index in [4.69, 9.17) is 4.74 Å². The molecule has 2 aromatic carbocycles. The molecule has 242 valence electrons. The zero-order valence-electron chi connectivity index (χ0n) is 27.0. The molecule has 9 heteroatoms. The normalized spacial score (nSPS) is 14.7. The molecule has 0 fully saturated rings. The Labute approximate surface area is 267 Å². The summed E-state index contributed by atoms with van der Waals surface area (Å²) in [5.74, 6) is -1.46. The number of aliphatic hydroxyl groups is 1. The summed E-state index contributed by atoms with van der Waals surface area (Å²) in [6.45, 7) is 9.46. The molecule has 3 amide bonds. The van der Waals surface area contributed by atoms with Crippen LogP contribution in [-0.4, -0.2) is 51.8 Å².